The Morgan fingerprint density at radius 3 is 2.67 bits per heavy atom. The highest BCUT2D eigenvalue weighted by Crippen LogP contribution is 2.17. The number of benzene rings is 1. The van der Waals surface area contributed by atoms with E-state index in [1.54, 1.807) is 31.2 Å². The maximum atomic E-state index is 11.9. The van der Waals surface area contributed by atoms with Gasteiger partial charge in [-0.3, -0.25) is 4.79 Å². The predicted octanol–water partition coefficient (Wildman–Crippen LogP) is 2.63. The fourth-order valence-electron chi connectivity index (χ4n) is 1.51. The van der Waals surface area contributed by atoms with Crippen LogP contribution in [0.5, 0.6) is 5.75 Å². The predicted molar refractivity (Wildman–Crippen MR) is 66.8 cm³/mol. The molecule has 94 valence electrons. The van der Waals surface area contributed by atoms with Crippen molar-refractivity contribution in [3.63, 3.8) is 0 Å². The molecular formula is C13H14N2O3. The van der Waals surface area contributed by atoms with Gasteiger partial charge in [-0.05, 0) is 38.1 Å². The number of hydrogen-bond acceptors (Lipinski definition) is 4. The van der Waals surface area contributed by atoms with Crippen molar-refractivity contribution in [1.82, 2.24) is 5.16 Å². The van der Waals surface area contributed by atoms with Crippen LogP contribution in [0.25, 0.3) is 0 Å². The molecule has 1 heterocycles. The second-order valence-electron chi connectivity index (χ2n) is 3.73. The third-order valence-electron chi connectivity index (χ3n) is 2.42. The van der Waals surface area contributed by atoms with Gasteiger partial charge >= 0.3 is 0 Å². The molecule has 5 heteroatoms. The molecule has 0 unspecified atom stereocenters. The lowest BCUT2D eigenvalue weighted by Gasteiger charge is -2.06. The standard InChI is InChI=1S/C13H14N2O3/c1-3-17-11-6-4-10(5-7-11)14-13(16)12-8-18-15-9(12)2/h4-8H,3H2,1-2H3,(H,14,16). The van der Waals surface area contributed by atoms with Crippen molar-refractivity contribution < 1.29 is 14.1 Å². The zero-order valence-corrected chi connectivity index (χ0v) is 10.3. The van der Waals surface area contributed by atoms with Gasteiger partial charge < -0.3 is 14.6 Å². The van der Waals surface area contributed by atoms with Crippen molar-refractivity contribution in [1.29, 1.82) is 0 Å². The molecule has 0 spiro atoms. The molecule has 0 atom stereocenters. The lowest BCUT2D eigenvalue weighted by Crippen LogP contribution is -2.12. The molecule has 0 aliphatic heterocycles. The van der Waals surface area contributed by atoms with Crippen LogP contribution in [0.15, 0.2) is 35.1 Å². The highest BCUT2D eigenvalue weighted by molar-refractivity contribution is 6.04. The Balaban J connectivity index is 2.05. The van der Waals surface area contributed by atoms with Gasteiger partial charge in [-0.1, -0.05) is 5.16 Å². The van der Waals surface area contributed by atoms with Crippen LogP contribution < -0.4 is 10.1 Å². The molecule has 5 nitrogen and oxygen atoms in total. The van der Waals surface area contributed by atoms with Crippen molar-refractivity contribution in [2.24, 2.45) is 0 Å². The third-order valence-corrected chi connectivity index (χ3v) is 2.42. The largest absolute Gasteiger partial charge is 0.494 e. The quantitative estimate of drug-likeness (QED) is 0.900. The average Bonchev–Trinajstić information content (AvgIpc) is 2.78. The number of nitrogens with one attached hydrogen (secondary N) is 1. The molecule has 1 aromatic carbocycles. The van der Waals surface area contributed by atoms with Crippen LogP contribution in [0.1, 0.15) is 23.0 Å². The number of anilines is 1. The number of hydrogen-bond donors (Lipinski definition) is 1. The summed E-state index contributed by atoms with van der Waals surface area (Å²) >= 11 is 0. The molecule has 0 bridgehead atoms. The van der Waals surface area contributed by atoms with Crippen LogP contribution in [0, 0.1) is 6.92 Å². The van der Waals surface area contributed by atoms with Crippen molar-refractivity contribution in [3.05, 3.63) is 41.8 Å². The summed E-state index contributed by atoms with van der Waals surface area (Å²) in [5, 5.41) is 6.42. The van der Waals surface area contributed by atoms with E-state index >= 15 is 0 Å². The highest BCUT2D eigenvalue weighted by atomic mass is 16.5. The Hall–Kier alpha value is -2.30. The van der Waals surface area contributed by atoms with Crippen molar-refractivity contribution >= 4 is 11.6 Å². The second-order valence-corrected chi connectivity index (χ2v) is 3.73. The molecule has 1 aromatic heterocycles. The summed E-state index contributed by atoms with van der Waals surface area (Å²) in [6.07, 6.45) is 1.33. The van der Waals surface area contributed by atoms with Crippen molar-refractivity contribution in [3.8, 4) is 5.75 Å². The van der Waals surface area contributed by atoms with Crippen LogP contribution in [-0.2, 0) is 0 Å². The maximum absolute atomic E-state index is 11.9. The summed E-state index contributed by atoms with van der Waals surface area (Å²) in [5.41, 5.74) is 1.70. The highest BCUT2D eigenvalue weighted by Gasteiger charge is 2.12. The Morgan fingerprint density at radius 1 is 1.39 bits per heavy atom. The molecule has 0 radical (unpaired) electrons. The minimum absolute atomic E-state index is 0.238. The maximum Gasteiger partial charge on any atom is 0.260 e. The molecule has 0 fully saturated rings. The Bertz CT molecular complexity index is 531. The Labute approximate surface area is 105 Å². The molecule has 1 N–H and O–H groups in total. The van der Waals surface area contributed by atoms with Crippen molar-refractivity contribution in [2.45, 2.75) is 13.8 Å². The number of carbonyl (C=O) groups excluding carboxylic acids is 1. The van der Waals surface area contributed by atoms with Gasteiger partial charge in [0.25, 0.3) is 5.91 Å². The van der Waals surface area contributed by atoms with E-state index < -0.39 is 0 Å². The molecule has 0 saturated carbocycles. The lowest BCUT2D eigenvalue weighted by molar-refractivity contribution is 0.102. The number of rotatable bonds is 4. The van der Waals surface area contributed by atoms with Crippen LogP contribution in [0.3, 0.4) is 0 Å². The summed E-state index contributed by atoms with van der Waals surface area (Å²) in [6, 6.07) is 7.18. The number of aryl methyl sites for hydroxylation is 1. The molecule has 2 aromatic rings. The fraction of sp³-hybridized carbons (Fsp3) is 0.231. The van der Waals surface area contributed by atoms with E-state index in [1.165, 1.54) is 6.26 Å². The summed E-state index contributed by atoms with van der Waals surface area (Å²) in [6.45, 7) is 4.26. The molecule has 0 aliphatic rings. The number of nitrogens with zero attached hydrogens (tertiary/aromatic N) is 1. The van der Waals surface area contributed by atoms with Crippen LogP contribution in [0.4, 0.5) is 5.69 Å². The van der Waals surface area contributed by atoms with Gasteiger partial charge in [0.2, 0.25) is 0 Å². The van der Waals surface area contributed by atoms with E-state index in [1.807, 2.05) is 6.92 Å². The lowest BCUT2D eigenvalue weighted by atomic mass is 10.2. The third kappa shape index (κ3) is 2.68. The van der Waals surface area contributed by atoms with Gasteiger partial charge in [-0.15, -0.1) is 0 Å². The first kappa shape index (κ1) is 12.2. The monoisotopic (exact) mass is 246 g/mol. The summed E-state index contributed by atoms with van der Waals surface area (Å²) < 4.78 is 10.0. The Kier molecular flexibility index (Phi) is 3.62. The SMILES string of the molecule is CCOc1ccc(NC(=O)c2conc2C)cc1. The van der Waals surface area contributed by atoms with Gasteiger partial charge in [0.05, 0.1) is 12.3 Å². The molecule has 18 heavy (non-hydrogen) atoms. The summed E-state index contributed by atoms with van der Waals surface area (Å²) in [5.74, 6) is 0.537. The smallest absolute Gasteiger partial charge is 0.260 e. The normalized spacial score (nSPS) is 10.1. The van der Waals surface area contributed by atoms with E-state index in [-0.39, 0.29) is 5.91 Å². The van der Waals surface area contributed by atoms with Gasteiger partial charge in [-0.25, -0.2) is 0 Å². The number of carbonyl (C=O) groups is 1. The minimum atomic E-state index is -0.238. The zero-order valence-electron chi connectivity index (χ0n) is 10.3. The van der Waals surface area contributed by atoms with Gasteiger partial charge in [-0.2, -0.15) is 0 Å². The Morgan fingerprint density at radius 2 is 2.11 bits per heavy atom. The topological polar surface area (TPSA) is 64.4 Å². The first-order valence-electron chi connectivity index (χ1n) is 5.66. The van der Waals surface area contributed by atoms with E-state index in [0.717, 1.165) is 5.75 Å². The minimum Gasteiger partial charge on any atom is -0.494 e. The van der Waals surface area contributed by atoms with E-state index in [2.05, 4.69) is 10.5 Å². The fourth-order valence-corrected chi connectivity index (χ4v) is 1.51. The van der Waals surface area contributed by atoms with Crippen molar-refractivity contribution in [2.75, 3.05) is 11.9 Å². The first-order chi connectivity index (χ1) is 8.70. The van der Waals surface area contributed by atoms with Gasteiger partial charge in [0.1, 0.15) is 17.6 Å². The summed E-state index contributed by atoms with van der Waals surface area (Å²) in [7, 11) is 0. The average molecular weight is 246 g/mol. The van der Waals surface area contributed by atoms with Crippen LogP contribution in [0.2, 0.25) is 0 Å². The van der Waals surface area contributed by atoms with Gasteiger partial charge in [0.15, 0.2) is 0 Å². The summed E-state index contributed by atoms with van der Waals surface area (Å²) in [4.78, 5) is 11.9. The number of amides is 1. The van der Waals surface area contributed by atoms with E-state index in [4.69, 9.17) is 9.26 Å². The molecule has 0 aliphatic carbocycles. The van der Waals surface area contributed by atoms with E-state index in [9.17, 15) is 4.79 Å². The van der Waals surface area contributed by atoms with Crippen LogP contribution in [-0.4, -0.2) is 17.7 Å². The number of ether oxygens (including phenoxy) is 1. The van der Waals surface area contributed by atoms with E-state index in [0.29, 0.717) is 23.6 Å². The van der Waals surface area contributed by atoms with Gasteiger partial charge in [0, 0.05) is 5.69 Å². The molecule has 2 rings (SSSR count). The zero-order chi connectivity index (χ0) is 13.0. The van der Waals surface area contributed by atoms with Crippen LogP contribution >= 0.6 is 0 Å². The molecule has 0 saturated heterocycles. The number of aromatic nitrogens is 1. The molecular weight excluding hydrogens is 232 g/mol. The first-order valence-corrected chi connectivity index (χ1v) is 5.66. The molecule has 1 amide bonds. The second kappa shape index (κ2) is 5.35.